The molecule has 2 rings (SSSR count). The van der Waals surface area contributed by atoms with Gasteiger partial charge in [0.05, 0.1) is 11.6 Å². The van der Waals surface area contributed by atoms with Crippen molar-refractivity contribution in [3.05, 3.63) is 35.4 Å². The van der Waals surface area contributed by atoms with Gasteiger partial charge in [0.2, 0.25) is 0 Å². The second-order valence-corrected chi connectivity index (χ2v) is 6.91. The predicted octanol–water partition coefficient (Wildman–Crippen LogP) is 4.45. The fourth-order valence-corrected chi connectivity index (χ4v) is 3.70. The number of hydrogen-bond donors (Lipinski definition) is 0. The summed E-state index contributed by atoms with van der Waals surface area (Å²) < 4.78 is 5.67. The number of nitrogens with zero attached hydrogens (tertiary/aromatic N) is 1. The number of thioether (sulfide) groups is 1. The number of benzene rings is 1. The number of carbonyl (C=O) groups excluding carboxylic acids is 1. The third kappa shape index (κ3) is 5.06. The van der Waals surface area contributed by atoms with E-state index in [-0.39, 0.29) is 17.3 Å². The first-order valence-electron chi connectivity index (χ1n) is 8.04. The van der Waals surface area contributed by atoms with E-state index in [9.17, 15) is 4.79 Å². The summed E-state index contributed by atoms with van der Waals surface area (Å²) in [4.78, 5) is 12.3. The van der Waals surface area contributed by atoms with Crippen molar-refractivity contribution in [1.29, 1.82) is 5.26 Å². The van der Waals surface area contributed by atoms with E-state index in [4.69, 9.17) is 10.00 Å². The molecule has 118 valence electrons. The van der Waals surface area contributed by atoms with Crippen LogP contribution in [0.25, 0.3) is 0 Å². The minimum atomic E-state index is -0.118. The van der Waals surface area contributed by atoms with Crippen LogP contribution in [0.3, 0.4) is 0 Å². The lowest BCUT2D eigenvalue weighted by Crippen LogP contribution is -2.27. The average molecular weight is 317 g/mol. The number of rotatable bonds is 6. The summed E-state index contributed by atoms with van der Waals surface area (Å²) in [5.74, 6) is 0.657. The van der Waals surface area contributed by atoms with Gasteiger partial charge in [-0.25, -0.2) is 0 Å². The molecule has 1 atom stereocenters. The molecular formula is C18H23NO2S. The Balaban J connectivity index is 1.85. The summed E-state index contributed by atoms with van der Waals surface area (Å²) in [6, 6.07) is 9.70. The van der Waals surface area contributed by atoms with Crippen molar-refractivity contribution in [2.24, 2.45) is 0 Å². The average Bonchev–Trinajstić information content (AvgIpc) is 2.56. The zero-order valence-corrected chi connectivity index (χ0v) is 13.9. The topological polar surface area (TPSA) is 50.1 Å². The summed E-state index contributed by atoms with van der Waals surface area (Å²) in [5, 5.41) is 8.81. The molecule has 0 aromatic heterocycles. The van der Waals surface area contributed by atoms with Crippen LogP contribution >= 0.6 is 11.8 Å². The van der Waals surface area contributed by atoms with Gasteiger partial charge in [-0.05, 0) is 49.8 Å². The highest BCUT2D eigenvalue weighted by Crippen LogP contribution is 2.25. The molecule has 1 aromatic rings. The first kappa shape index (κ1) is 16.9. The van der Waals surface area contributed by atoms with E-state index in [1.165, 1.54) is 19.3 Å². The standard InChI is InChI=1S/C18H23NO2S/c1-2-17(18(20)21-16-9-4-3-5-10-16)22-13-15-8-6-7-14(11-15)12-19/h6-8,11,16-17H,2-5,9-10,13H2,1H3. The molecule has 0 bridgehead atoms. The van der Waals surface area contributed by atoms with Crippen molar-refractivity contribution in [3.63, 3.8) is 0 Å². The van der Waals surface area contributed by atoms with E-state index in [1.54, 1.807) is 17.8 Å². The van der Waals surface area contributed by atoms with Crippen LogP contribution in [0.1, 0.15) is 56.6 Å². The van der Waals surface area contributed by atoms with Gasteiger partial charge in [-0.15, -0.1) is 11.8 Å². The Kier molecular flexibility index (Phi) is 6.79. The van der Waals surface area contributed by atoms with E-state index in [2.05, 4.69) is 6.07 Å². The van der Waals surface area contributed by atoms with E-state index in [0.717, 1.165) is 30.6 Å². The van der Waals surface area contributed by atoms with E-state index >= 15 is 0 Å². The molecule has 0 spiro atoms. The Labute approximate surface area is 137 Å². The van der Waals surface area contributed by atoms with Crippen LogP contribution in [-0.4, -0.2) is 17.3 Å². The number of hydrogen-bond acceptors (Lipinski definition) is 4. The van der Waals surface area contributed by atoms with Crippen LogP contribution in [0.2, 0.25) is 0 Å². The lowest BCUT2D eigenvalue weighted by molar-refractivity contribution is -0.149. The summed E-state index contributed by atoms with van der Waals surface area (Å²) >= 11 is 1.61. The summed E-state index contributed by atoms with van der Waals surface area (Å²) in [5.41, 5.74) is 1.74. The summed E-state index contributed by atoms with van der Waals surface area (Å²) in [6.07, 6.45) is 6.52. The molecule has 1 aromatic carbocycles. The Bertz CT molecular complexity index is 532. The molecule has 0 heterocycles. The van der Waals surface area contributed by atoms with Crippen molar-refractivity contribution < 1.29 is 9.53 Å². The summed E-state index contributed by atoms with van der Waals surface area (Å²) in [7, 11) is 0. The normalized spacial score (nSPS) is 16.7. The Hall–Kier alpha value is -1.47. The Morgan fingerprint density at radius 3 is 2.86 bits per heavy atom. The highest BCUT2D eigenvalue weighted by molar-refractivity contribution is 7.99. The van der Waals surface area contributed by atoms with Crippen LogP contribution in [0.4, 0.5) is 0 Å². The molecule has 1 aliphatic rings. The van der Waals surface area contributed by atoms with Gasteiger partial charge < -0.3 is 4.74 Å². The second-order valence-electron chi connectivity index (χ2n) is 5.72. The molecule has 1 aliphatic carbocycles. The molecule has 0 aliphatic heterocycles. The third-order valence-corrected chi connectivity index (χ3v) is 5.40. The zero-order chi connectivity index (χ0) is 15.8. The molecule has 1 fully saturated rings. The molecule has 4 heteroatoms. The van der Waals surface area contributed by atoms with E-state index in [0.29, 0.717) is 5.56 Å². The van der Waals surface area contributed by atoms with Crippen LogP contribution in [0.15, 0.2) is 24.3 Å². The lowest BCUT2D eigenvalue weighted by Gasteiger charge is -2.24. The zero-order valence-electron chi connectivity index (χ0n) is 13.1. The van der Waals surface area contributed by atoms with Gasteiger partial charge in [0.25, 0.3) is 0 Å². The van der Waals surface area contributed by atoms with Gasteiger partial charge in [-0.2, -0.15) is 5.26 Å². The van der Waals surface area contributed by atoms with Crippen molar-refractivity contribution in [2.45, 2.75) is 62.6 Å². The lowest BCUT2D eigenvalue weighted by atomic mass is 9.98. The molecule has 22 heavy (non-hydrogen) atoms. The Morgan fingerprint density at radius 2 is 2.18 bits per heavy atom. The predicted molar refractivity (Wildman–Crippen MR) is 89.5 cm³/mol. The SMILES string of the molecule is CCC(SCc1cccc(C#N)c1)C(=O)OC1CCCCC1. The molecule has 1 unspecified atom stereocenters. The highest BCUT2D eigenvalue weighted by atomic mass is 32.2. The molecule has 0 radical (unpaired) electrons. The smallest absolute Gasteiger partial charge is 0.319 e. The van der Waals surface area contributed by atoms with Crippen molar-refractivity contribution >= 4 is 17.7 Å². The molecule has 1 saturated carbocycles. The van der Waals surface area contributed by atoms with Crippen molar-refractivity contribution in [2.75, 3.05) is 0 Å². The molecule has 0 amide bonds. The van der Waals surface area contributed by atoms with Crippen LogP contribution in [0.5, 0.6) is 0 Å². The maximum absolute atomic E-state index is 12.3. The van der Waals surface area contributed by atoms with Crippen LogP contribution < -0.4 is 0 Å². The molecule has 3 nitrogen and oxygen atoms in total. The quantitative estimate of drug-likeness (QED) is 0.728. The molecular weight excluding hydrogens is 294 g/mol. The van der Waals surface area contributed by atoms with Crippen molar-refractivity contribution in [3.8, 4) is 6.07 Å². The van der Waals surface area contributed by atoms with Gasteiger partial charge in [0.1, 0.15) is 11.4 Å². The fourth-order valence-electron chi connectivity index (χ4n) is 2.70. The van der Waals surface area contributed by atoms with Crippen LogP contribution in [-0.2, 0) is 15.3 Å². The maximum Gasteiger partial charge on any atom is 0.319 e. The highest BCUT2D eigenvalue weighted by Gasteiger charge is 2.23. The number of esters is 1. The number of carbonyl (C=O) groups is 1. The third-order valence-electron chi connectivity index (χ3n) is 3.98. The molecule has 0 saturated heterocycles. The van der Waals surface area contributed by atoms with Gasteiger partial charge >= 0.3 is 5.97 Å². The Morgan fingerprint density at radius 1 is 1.41 bits per heavy atom. The number of ether oxygens (including phenoxy) is 1. The molecule has 0 N–H and O–H groups in total. The van der Waals surface area contributed by atoms with Gasteiger partial charge in [-0.1, -0.05) is 25.5 Å². The maximum atomic E-state index is 12.3. The summed E-state index contributed by atoms with van der Waals surface area (Å²) in [6.45, 7) is 2.02. The fraction of sp³-hybridized carbons (Fsp3) is 0.556. The minimum absolute atomic E-state index is 0.0733. The van der Waals surface area contributed by atoms with Gasteiger partial charge in [-0.3, -0.25) is 4.79 Å². The minimum Gasteiger partial charge on any atom is -0.462 e. The van der Waals surface area contributed by atoms with Crippen molar-refractivity contribution in [1.82, 2.24) is 0 Å². The van der Waals surface area contributed by atoms with E-state index < -0.39 is 0 Å². The first-order valence-corrected chi connectivity index (χ1v) is 9.09. The largest absolute Gasteiger partial charge is 0.462 e. The number of nitriles is 1. The van der Waals surface area contributed by atoms with Gasteiger partial charge in [0.15, 0.2) is 0 Å². The monoisotopic (exact) mass is 317 g/mol. The van der Waals surface area contributed by atoms with Crippen LogP contribution in [0, 0.1) is 11.3 Å². The first-order chi connectivity index (χ1) is 10.7. The van der Waals surface area contributed by atoms with Gasteiger partial charge in [0, 0.05) is 5.75 Å². The second kappa shape index (κ2) is 8.85. The van der Waals surface area contributed by atoms with E-state index in [1.807, 2.05) is 25.1 Å².